The van der Waals surface area contributed by atoms with Gasteiger partial charge in [-0.2, -0.15) is 0 Å². The van der Waals surface area contributed by atoms with Crippen LogP contribution in [0.1, 0.15) is 174 Å². The number of aliphatic hydroxyl groups excluding tert-OH is 2. The molecule has 4 nitrogen and oxygen atoms in total. The number of allylic oxidation sites excluding steroid dienone is 9. The summed E-state index contributed by atoms with van der Waals surface area (Å²) in [6.07, 6.45) is 50.3. The lowest BCUT2D eigenvalue weighted by molar-refractivity contribution is -0.123. The zero-order chi connectivity index (χ0) is 32.9. The lowest BCUT2D eigenvalue weighted by Gasteiger charge is -2.19. The first kappa shape index (κ1) is 43.1. The van der Waals surface area contributed by atoms with Gasteiger partial charge in [0.1, 0.15) is 0 Å². The van der Waals surface area contributed by atoms with Crippen molar-refractivity contribution in [2.75, 3.05) is 6.61 Å². The third-order valence-electron chi connectivity index (χ3n) is 8.21. The molecule has 0 aliphatic heterocycles. The van der Waals surface area contributed by atoms with E-state index < -0.39 is 12.1 Å². The van der Waals surface area contributed by atoms with Crippen LogP contribution in [0.15, 0.2) is 60.8 Å². The van der Waals surface area contributed by atoms with Crippen molar-refractivity contribution in [3.63, 3.8) is 0 Å². The quantitative estimate of drug-likeness (QED) is 0.0501. The Morgan fingerprint density at radius 3 is 1.53 bits per heavy atom. The van der Waals surface area contributed by atoms with Crippen molar-refractivity contribution < 1.29 is 15.0 Å². The number of hydrogen-bond donors (Lipinski definition) is 3. The fraction of sp³-hybridized carbons (Fsp3) is 0.732. The molecular formula is C41H73NO3. The number of carbonyl (C=O) groups excluding carboxylic acids is 1. The molecule has 2 atom stereocenters. The van der Waals surface area contributed by atoms with Gasteiger partial charge in [0.2, 0.25) is 5.91 Å². The lowest BCUT2D eigenvalue weighted by Crippen LogP contribution is -2.45. The van der Waals surface area contributed by atoms with E-state index in [-0.39, 0.29) is 12.5 Å². The minimum Gasteiger partial charge on any atom is -0.394 e. The molecule has 0 aliphatic rings. The minimum absolute atomic E-state index is 0.0829. The molecule has 0 radical (unpaired) electrons. The van der Waals surface area contributed by atoms with Crippen molar-refractivity contribution in [3.05, 3.63) is 60.8 Å². The second kappa shape index (κ2) is 36.6. The standard InChI is InChI=1S/C41H73NO3/c1-3-5-7-9-11-13-15-17-18-19-20-21-22-23-24-25-27-29-31-33-35-37-41(45)42-39(38-43)40(44)36-34-32-30-28-26-16-14-12-10-8-6-4-2/h5,7,10-13,26,28,34,36,39-40,43-44H,3-4,6,8-9,14-25,27,29-33,35,37-38H2,1-2H3,(H,42,45)/b7-5-,12-10+,13-11-,28-26+,36-34+. The van der Waals surface area contributed by atoms with E-state index in [0.717, 1.165) is 51.4 Å². The van der Waals surface area contributed by atoms with Gasteiger partial charge in [-0.25, -0.2) is 0 Å². The number of unbranched alkanes of at least 4 members (excludes halogenated alkanes) is 18. The summed E-state index contributed by atoms with van der Waals surface area (Å²) in [5.41, 5.74) is 0. The predicted molar refractivity (Wildman–Crippen MR) is 197 cm³/mol. The highest BCUT2D eigenvalue weighted by Gasteiger charge is 2.17. The van der Waals surface area contributed by atoms with Gasteiger partial charge in [0.05, 0.1) is 18.8 Å². The molecular weight excluding hydrogens is 554 g/mol. The first-order valence-electron chi connectivity index (χ1n) is 19.0. The molecule has 1 amide bonds. The number of carbonyl (C=O) groups is 1. The number of rotatable bonds is 33. The number of nitrogens with one attached hydrogen (secondary N) is 1. The van der Waals surface area contributed by atoms with Gasteiger partial charge in [-0.1, -0.05) is 164 Å². The SMILES string of the molecule is CC/C=C\C/C=C\CCCCCCCCCCCCCCCCC(=O)NC(CO)C(O)/C=C/CC/C=C/CC/C=C/CCCC. The normalized spacial score (nSPS) is 13.8. The van der Waals surface area contributed by atoms with Gasteiger partial charge in [0, 0.05) is 6.42 Å². The highest BCUT2D eigenvalue weighted by molar-refractivity contribution is 5.76. The third kappa shape index (κ3) is 33.3. The van der Waals surface area contributed by atoms with Crippen LogP contribution >= 0.6 is 0 Å². The Hall–Kier alpha value is -1.91. The Balaban J connectivity index is 3.61. The summed E-state index contributed by atoms with van der Waals surface area (Å²) < 4.78 is 0. The first-order chi connectivity index (χ1) is 22.2. The largest absolute Gasteiger partial charge is 0.394 e. The summed E-state index contributed by atoms with van der Waals surface area (Å²) in [6.45, 7) is 4.13. The molecule has 0 aliphatic carbocycles. The summed E-state index contributed by atoms with van der Waals surface area (Å²) >= 11 is 0. The molecule has 0 spiro atoms. The topological polar surface area (TPSA) is 69.6 Å². The number of aliphatic hydroxyl groups is 2. The average Bonchev–Trinajstić information content (AvgIpc) is 3.04. The van der Waals surface area contributed by atoms with E-state index in [4.69, 9.17) is 0 Å². The molecule has 0 aromatic rings. The van der Waals surface area contributed by atoms with Gasteiger partial charge < -0.3 is 15.5 Å². The average molecular weight is 628 g/mol. The Kier molecular flexibility index (Phi) is 35.0. The van der Waals surface area contributed by atoms with Crippen molar-refractivity contribution in [1.82, 2.24) is 5.32 Å². The molecule has 0 fully saturated rings. The molecule has 260 valence electrons. The predicted octanol–water partition coefficient (Wildman–Crippen LogP) is 11.4. The van der Waals surface area contributed by atoms with E-state index in [1.807, 2.05) is 6.08 Å². The molecule has 0 bridgehead atoms. The summed E-state index contributed by atoms with van der Waals surface area (Å²) in [4.78, 5) is 12.3. The third-order valence-corrected chi connectivity index (χ3v) is 8.21. The molecule has 0 aromatic carbocycles. The second-order valence-electron chi connectivity index (χ2n) is 12.6. The Bertz CT molecular complexity index is 767. The Morgan fingerprint density at radius 2 is 1.00 bits per heavy atom. The second-order valence-corrected chi connectivity index (χ2v) is 12.6. The van der Waals surface area contributed by atoms with Crippen LogP contribution in [-0.2, 0) is 4.79 Å². The van der Waals surface area contributed by atoms with E-state index in [2.05, 4.69) is 67.8 Å². The van der Waals surface area contributed by atoms with Crippen LogP contribution in [-0.4, -0.2) is 34.9 Å². The minimum atomic E-state index is -0.869. The van der Waals surface area contributed by atoms with E-state index in [1.165, 1.54) is 103 Å². The molecule has 4 heteroatoms. The van der Waals surface area contributed by atoms with Crippen molar-refractivity contribution in [3.8, 4) is 0 Å². The monoisotopic (exact) mass is 628 g/mol. The smallest absolute Gasteiger partial charge is 0.220 e. The maximum atomic E-state index is 12.3. The first-order valence-corrected chi connectivity index (χ1v) is 19.0. The highest BCUT2D eigenvalue weighted by atomic mass is 16.3. The van der Waals surface area contributed by atoms with Crippen molar-refractivity contribution in [2.45, 2.75) is 187 Å². The van der Waals surface area contributed by atoms with Crippen LogP contribution in [0.5, 0.6) is 0 Å². The van der Waals surface area contributed by atoms with Gasteiger partial charge in [0.15, 0.2) is 0 Å². The van der Waals surface area contributed by atoms with Crippen LogP contribution in [0.25, 0.3) is 0 Å². The summed E-state index contributed by atoms with van der Waals surface area (Å²) in [6, 6.07) is -0.644. The van der Waals surface area contributed by atoms with Crippen molar-refractivity contribution in [2.24, 2.45) is 0 Å². The fourth-order valence-electron chi connectivity index (χ4n) is 5.29. The van der Waals surface area contributed by atoms with Crippen LogP contribution in [0.4, 0.5) is 0 Å². The molecule has 0 heterocycles. The summed E-state index contributed by atoms with van der Waals surface area (Å²) in [5, 5.41) is 22.8. The molecule has 0 saturated heterocycles. The zero-order valence-electron chi connectivity index (χ0n) is 29.6. The zero-order valence-corrected chi connectivity index (χ0v) is 29.6. The fourth-order valence-corrected chi connectivity index (χ4v) is 5.29. The van der Waals surface area contributed by atoms with Crippen LogP contribution < -0.4 is 5.32 Å². The molecule has 3 N–H and O–H groups in total. The molecule has 45 heavy (non-hydrogen) atoms. The van der Waals surface area contributed by atoms with E-state index in [1.54, 1.807) is 6.08 Å². The highest BCUT2D eigenvalue weighted by Crippen LogP contribution is 2.14. The Morgan fingerprint density at radius 1 is 0.556 bits per heavy atom. The van der Waals surface area contributed by atoms with Crippen LogP contribution in [0.3, 0.4) is 0 Å². The molecule has 2 unspecified atom stereocenters. The van der Waals surface area contributed by atoms with Crippen LogP contribution in [0.2, 0.25) is 0 Å². The van der Waals surface area contributed by atoms with Crippen molar-refractivity contribution >= 4 is 5.91 Å². The number of amides is 1. The lowest BCUT2D eigenvalue weighted by atomic mass is 10.0. The van der Waals surface area contributed by atoms with Gasteiger partial charge in [-0.15, -0.1) is 0 Å². The van der Waals surface area contributed by atoms with Gasteiger partial charge in [-0.05, 0) is 64.2 Å². The van der Waals surface area contributed by atoms with E-state index in [9.17, 15) is 15.0 Å². The number of hydrogen-bond acceptors (Lipinski definition) is 3. The van der Waals surface area contributed by atoms with E-state index >= 15 is 0 Å². The molecule has 0 rings (SSSR count). The van der Waals surface area contributed by atoms with E-state index in [0.29, 0.717) is 6.42 Å². The Labute approximate surface area is 279 Å². The maximum Gasteiger partial charge on any atom is 0.220 e. The van der Waals surface area contributed by atoms with Crippen molar-refractivity contribution in [1.29, 1.82) is 0 Å². The molecule has 0 aromatic heterocycles. The summed E-state index contributed by atoms with van der Waals surface area (Å²) in [7, 11) is 0. The van der Waals surface area contributed by atoms with Gasteiger partial charge in [0.25, 0.3) is 0 Å². The summed E-state index contributed by atoms with van der Waals surface area (Å²) in [5.74, 6) is -0.0829. The van der Waals surface area contributed by atoms with Gasteiger partial charge >= 0.3 is 0 Å². The molecule has 0 saturated carbocycles. The maximum absolute atomic E-state index is 12.3. The van der Waals surface area contributed by atoms with Crippen LogP contribution in [0, 0.1) is 0 Å². The van der Waals surface area contributed by atoms with Gasteiger partial charge in [-0.3, -0.25) is 4.79 Å².